The third-order valence-electron chi connectivity index (χ3n) is 0.727. The number of allylic oxidation sites excluding steroid dienone is 1. The number of alkyl halides is 1. The number of aliphatic imine (C=N–C) groups is 1. The van der Waals surface area contributed by atoms with Crippen LogP contribution in [0.1, 0.15) is 0 Å². The Balaban J connectivity index is 2.59. The average Bonchev–Trinajstić information content (AvgIpc) is 1.77. The Bertz CT molecular complexity index is 116. The molecule has 1 rings (SSSR count). The molecule has 0 spiro atoms. The Morgan fingerprint density at radius 2 is 2.38 bits per heavy atom. The van der Waals surface area contributed by atoms with Crippen molar-refractivity contribution in [3.05, 3.63) is 12.3 Å². The van der Waals surface area contributed by atoms with E-state index >= 15 is 0 Å². The number of nitrogens with zero attached hydrogens (tertiary/aromatic N) is 2. The van der Waals surface area contributed by atoms with Crippen LogP contribution >= 0.6 is 0 Å². The Morgan fingerprint density at radius 1 is 1.62 bits per heavy atom. The van der Waals surface area contributed by atoms with Gasteiger partial charge in [0.1, 0.15) is 0 Å². The fourth-order valence-corrected chi connectivity index (χ4v) is 0.376. The summed E-state index contributed by atoms with van der Waals surface area (Å²) in [5, 5.41) is -0.111. The molecule has 4 heteroatoms. The highest BCUT2D eigenvalue weighted by atomic mass is 19.2. The van der Waals surface area contributed by atoms with Gasteiger partial charge in [-0.05, 0) is 6.08 Å². The van der Waals surface area contributed by atoms with Crippen molar-refractivity contribution in [3.63, 3.8) is 0 Å². The van der Waals surface area contributed by atoms with Gasteiger partial charge in [-0.1, -0.05) is 4.48 Å². The van der Waals surface area contributed by atoms with Crippen LogP contribution in [0.2, 0.25) is 0 Å². The van der Waals surface area contributed by atoms with Crippen LogP contribution in [0.5, 0.6) is 0 Å². The topological polar surface area (TPSA) is 15.6 Å². The van der Waals surface area contributed by atoms with E-state index in [0.717, 1.165) is 6.20 Å². The van der Waals surface area contributed by atoms with E-state index in [0.29, 0.717) is 0 Å². The molecule has 0 N–H and O–H groups in total. The summed E-state index contributed by atoms with van der Waals surface area (Å²) in [6.45, 7) is 0. The van der Waals surface area contributed by atoms with Crippen LogP contribution in [0.15, 0.2) is 17.3 Å². The lowest BCUT2D eigenvalue weighted by Gasteiger charge is -2.10. The Kier molecular flexibility index (Phi) is 1.24. The zero-order valence-electron chi connectivity index (χ0n) is 3.96. The zero-order valence-corrected chi connectivity index (χ0v) is 3.96. The van der Waals surface area contributed by atoms with Gasteiger partial charge in [0.25, 0.3) is 6.42 Å². The minimum Gasteiger partial charge on any atom is -0.236 e. The molecular weight excluding hydrogens is 114 g/mol. The van der Waals surface area contributed by atoms with Crippen molar-refractivity contribution in [1.29, 1.82) is 0 Å². The van der Waals surface area contributed by atoms with Gasteiger partial charge in [-0.15, -0.1) is 0 Å². The first kappa shape index (κ1) is 5.21. The van der Waals surface area contributed by atoms with E-state index < -0.39 is 6.42 Å². The summed E-state index contributed by atoms with van der Waals surface area (Å²) >= 11 is 0. The van der Waals surface area contributed by atoms with Gasteiger partial charge >= 0.3 is 0 Å². The fraction of sp³-hybridized carbons (Fsp3) is 0.250. The summed E-state index contributed by atoms with van der Waals surface area (Å²) < 4.78 is 23.7. The van der Waals surface area contributed by atoms with E-state index in [1.807, 2.05) is 0 Å². The van der Waals surface area contributed by atoms with Crippen molar-refractivity contribution >= 4 is 6.21 Å². The molecule has 0 saturated carbocycles. The van der Waals surface area contributed by atoms with Gasteiger partial charge in [0, 0.05) is 12.4 Å². The lowest BCUT2D eigenvalue weighted by atomic mass is 10.6. The summed E-state index contributed by atoms with van der Waals surface area (Å²) in [5.41, 5.74) is 0. The minimum absolute atomic E-state index is 0.111. The van der Waals surface area contributed by atoms with Crippen LogP contribution in [0, 0.1) is 0 Å². The molecule has 0 aromatic carbocycles. The molecule has 0 aromatic heterocycles. The second-order valence-corrected chi connectivity index (χ2v) is 1.29. The van der Waals surface area contributed by atoms with Crippen LogP contribution in [0.3, 0.4) is 0 Å². The molecule has 1 atom stereocenters. The van der Waals surface area contributed by atoms with Crippen molar-refractivity contribution in [2.24, 2.45) is 4.99 Å². The van der Waals surface area contributed by atoms with E-state index in [-0.39, 0.29) is 5.12 Å². The van der Waals surface area contributed by atoms with E-state index in [4.69, 9.17) is 0 Å². The second kappa shape index (κ2) is 1.90. The molecule has 0 saturated heterocycles. The molecule has 0 amide bonds. The molecule has 8 heavy (non-hydrogen) atoms. The van der Waals surface area contributed by atoms with Crippen LogP contribution in [0.25, 0.3) is 0 Å². The monoisotopic (exact) mass is 118 g/mol. The standard InChI is InChI=1S/C4H4F2N2/c5-4-7-2-1-3-8(4)6/h1-4H. The lowest BCUT2D eigenvalue weighted by Crippen LogP contribution is -2.18. The van der Waals surface area contributed by atoms with Gasteiger partial charge in [-0.2, -0.15) is 9.51 Å². The maximum Gasteiger partial charge on any atom is 0.292 e. The molecule has 0 bridgehead atoms. The van der Waals surface area contributed by atoms with Gasteiger partial charge in [-0.3, -0.25) is 0 Å². The van der Waals surface area contributed by atoms with Crippen molar-refractivity contribution in [2.45, 2.75) is 6.42 Å². The van der Waals surface area contributed by atoms with E-state index in [9.17, 15) is 8.87 Å². The fourth-order valence-electron chi connectivity index (χ4n) is 0.376. The third kappa shape index (κ3) is 0.828. The van der Waals surface area contributed by atoms with Crippen LogP contribution < -0.4 is 0 Å². The quantitative estimate of drug-likeness (QED) is 0.342. The smallest absolute Gasteiger partial charge is 0.236 e. The van der Waals surface area contributed by atoms with E-state index in [1.165, 1.54) is 12.3 Å². The first-order chi connectivity index (χ1) is 3.80. The highest BCUT2D eigenvalue weighted by Crippen LogP contribution is 2.06. The normalized spacial score (nSPS) is 26.8. The maximum absolute atomic E-state index is 11.9. The van der Waals surface area contributed by atoms with Crippen LogP contribution in [-0.4, -0.2) is 17.8 Å². The van der Waals surface area contributed by atoms with Gasteiger partial charge < -0.3 is 0 Å². The van der Waals surface area contributed by atoms with Gasteiger partial charge in [-0.25, -0.2) is 4.99 Å². The number of rotatable bonds is 0. The van der Waals surface area contributed by atoms with Crippen LogP contribution in [-0.2, 0) is 0 Å². The summed E-state index contributed by atoms with van der Waals surface area (Å²) in [7, 11) is 0. The summed E-state index contributed by atoms with van der Waals surface area (Å²) in [6, 6.07) is 0. The average molecular weight is 118 g/mol. The maximum atomic E-state index is 11.9. The molecular formula is C4H4F2N2. The third-order valence-corrected chi connectivity index (χ3v) is 0.727. The first-order valence-corrected chi connectivity index (χ1v) is 2.09. The minimum atomic E-state index is -1.85. The molecule has 1 unspecified atom stereocenters. The molecule has 1 aliphatic heterocycles. The molecule has 0 aliphatic carbocycles. The molecule has 2 nitrogen and oxygen atoms in total. The summed E-state index contributed by atoms with van der Waals surface area (Å²) in [5.74, 6) is 0. The highest BCUT2D eigenvalue weighted by molar-refractivity contribution is 5.71. The molecule has 0 radical (unpaired) electrons. The molecule has 0 fully saturated rings. The summed E-state index contributed by atoms with van der Waals surface area (Å²) in [4.78, 5) is 3.08. The van der Waals surface area contributed by atoms with Crippen LogP contribution in [0.4, 0.5) is 8.87 Å². The van der Waals surface area contributed by atoms with E-state index in [2.05, 4.69) is 4.99 Å². The van der Waals surface area contributed by atoms with Crippen molar-refractivity contribution in [1.82, 2.24) is 5.12 Å². The zero-order chi connectivity index (χ0) is 5.98. The molecule has 1 heterocycles. The highest BCUT2D eigenvalue weighted by Gasteiger charge is 2.10. The van der Waals surface area contributed by atoms with Gasteiger partial charge in [0.15, 0.2) is 0 Å². The van der Waals surface area contributed by atoms with E-state index in [1.54, 1.807) is 0 Å². The largest absolute Gasteiger partial charge is 0.292 e. The predicted molar refractivity (Wildman–Crippen MR) is 25.5 cm³/mol. The number of hydrogen-bond donors (Lipinski definition) is 0. The predicted octanol–water partition coefficient (Wildman–Crippen LogP) is 1.02. The first-order valence-electron chi connectivity index (χ1n) is 2.09. The van der Waals surface area contributed by atoms with Gasteiger partial charge in [0.05, 0.1) is 0 Å². The van der Waals surface area contributed by atoms with Crippen molar-refractivity contribution in [2.75, 3.05) is 0 Å². The second-order valence-electron chi connectivity index (χ2n) is 1.29. The molecule has 1 aliphatic rings. The Morgan fingerprint density at radius 3 is 2.75 bits per heavy atom. The molecule has 0 aromatic rings. The van der Waals surface area contributed by atoms with Gasteiger partial charge in [0.2, 0.25) is 0 Å². The molecule has 44 valence electrons. The lowest BCUT2D eigenvalue weighted by molar-refractivity contribution is -0.0277. The van der Waals surface area contributed by atoms with Crippen molar-refractivity contribution < 1.29 is 8.87 Å². The number of hydrogen-bond acceptors (Lipinski definition) is 2. The SMILES string of the molecule is FC1N=CC=CN1F. The summed E-state index contributed by atoms with van der Waals surface area (Å²) in [6.07, 6.45) is 1.65. The Labute approximate surface area is 45.1 Å². The Hall–Kier alpha value is -0.930. The number of halogens is 2. The van der Waals surface area contributed by atoms with Crippen molar-refractivity contribution in [3.8, 4) is 0 Å².